The largest absolute Gasteiger partial charge is 0.330 e. The normalized spacial score (nSPS) is 15.9. The summed E-state index contributed by atoms with van der Waals surface area (Å²) in [7, 11) is 0. The summed E-state index contributed by atoms with van der Waals surface area (Å²) >= 11 is 8.05. The Bertz CT molecular complexity index is 1120. The molecule has 0 aliphatic carbocycles. The third-order valence-corrected chi connectivity index (χ3v) is 7.18. The minimum Gasteiger partial charge on any atom is -0.330 e. The van der Waals surface area contributed by atoms with Crippen LogP contribution in [0.25, 0.3) is 0 Å². The number of fused-ring (bicyclic) bond motifs is 1. The zero-order chi connectivity index (χ0) is 22.9. The molecule has 2 heterocycles. The Labute approximate surface area is 198 Å². The highest BCUT2D eigenvalue weighted by atomic mass is 35.5. The van der Waals surface area contributed by atoms with Crippen LogP contribution in [0, 0.1) is 0 Å². The SMILES string of the molecule is CC(C)(C)N(CC(=O)N1CCc2sccc2C1c1ccccc1)C(=O)c1ccccc1Cl. The highest BCUT2D eigenvalue weighted by Gasteiger charge is 2.36. The van der Waals surface area contributed by atoms with Gasteiger partial charge < -0.3 is 9.80 Å². The van der Waals surface area contributed by atoms with E-state index in [1.807, 2.05) is 43.9 Å². The van der Waals surface area contributed by atoms with Gasteiger partial charge in [-0.05, 0) is 61.9 Å². The third kappa shape index (κ3) is 4.45. The summed E-state index contributed by atoms with van der Waals surface area (Å²) in [5.41, 5.74) is 2.13. The molecule has 32 heavy (non-hydrogen) atoms. The van der Waals surface area contributed by atoms with Crippen LogP contribution in [0.1, 0.15) is 53.2 Å². The van der Waals surface area contributed by atoms with Gasteiger partial charge in [-0.3, -0.25) is 9.59 Å². The molecule has 2 aromatic carbocycles. The molecular weight excluding hydrogens is 440 g/mol. The summed E-state index contributed by atoms with van der Waals surface area (Å²) in [6.45, 7) is 6.45. The number of nitrogens with zero attached hydrogens (tertiary/aromatic N) is 2. The minimum atomic E-state index is -0.544. The van der Waals surface area contributed by atoms with Gasteiger partial charge in [-0.2, -0.15) is 0 Å². The Hall–Kier alpha value is -2.63. The van der Waals surface area contributed by atoms with E-state index in [9.17, 15) is 9.59 Å². The Balaban J connectivity index is 1.66. The van der Waals surface area contributed by atoms with Gasteiger partial charge in [-0.15, -0.1) is 11.3 Å². The second kappa shape index (κ2) is 9.08. The fourth-order valence-corrected chi connectivity index (χ4v) is 5.32. The van der Waals surface area contributed by atoms with Gasteiger partial charge >= 0.3 is 0 Å². The number of hydrogen-bond acceptors (Lipinski definition) is 3. The highest BCUT2D eigenvalue weighted by molar-refractivity contribution is 7.10. The van der Waals surface area contributed by atoms with Gasteiger partial charge in [0.15, 0.2) is 0 Å². The number of amides is 2. The number of thiophene rings is 1. The van der Waals surface area contributed by atoms with Gasteiger partial charge in [0.1, 0.15) is 6.54 Å². The number of carbonyl (C=O) groups is 2. The molecule has 1 aliphatic rings. The van der Waals surface area contributed by atoms with Crippen molar-refractivity contribution in [3.8, 4) is 0 Å². The maximum Gasteiger partial charge on any atom is 0.256 e. The topological polar surface area (TPSA) is 40.6 Å². The predicted molar refractivity (Wildman–Crippen MR) is 130 cm³/mol. The van der Waals surface area contributed by atoms with Crippen molar-refractivity contribution in [2.45, 2.75) is 38.8 Å². The Morgan fingerprint density at radius 3 is 2.44 bits per heavy atom. The van der Waals surface area contributed by atoms with Crippen LogP contribution in [0.15, 0.2) is 66.0 Å². The zero-order valence-corrected chi connectivity index (χ0v) is 20.1. The number of carbonyl (C=O) groups excluding carboxylic acids is 2. The Morgan fingerprint density at radius 2 is 1.75 bits per heavy atom. The third-order valence-electron chi connectivity index (χ3n) is 5.85. The summed E-state index contributed by atoms with van der Waals surface area (Å²) in [6.07, 6.45) is 0.829. The van der Waals surface area contributed by atoms with Crippen LogP contribution < -0.4 is 0 Å². The lowest BCUT2D eigenvalue weighted by Gasteiger charge is -2.40. The maximum atomic E-state index is 13.7. The van der Waals surface area contributed by atoms with Crippen LogP contribution in [-0.2, 0) is 11.2 Å². The number of hydrogen-bond donors (Lipinski definition) is 0. The minimum absolute atomic E-state index is 0.00361. The first kappa shape index (κ1) is 22.6. The molecule has 0 saturated heterocycles. The molecule has 1 aliphatic heterocycles. The first-order valence-electron chi connectivity index (χ1n) is 10.7. The van der Waals surface area contributed by atoms with Crippen molar-refractivity contribution >= 4 is 34.8 Å². The fraction of sp³-hybridized carbons (Fsp3) is 0.308. The summed E-state index contributed by atoms with van der Waals surface area (Å²) in [5, 5.41) is 2.49. The highest BCUT2D eigenvalue weighted by Crippen LogP contribution is 2.38. The van der Waals surface area contributed by atoms with Crippen molar-refractivity contribution in [2.75, 3.05) is 13.1 Å². The lowest BCUT2D eigenvalue weighted by molar-refractivity contribution is -0.135. The van der Waals surface area contributed by atoms with E-state index in [0.29, 0.717) is 17.1 Å². The van der Waals surface area contributed by atoms with E-state index >= 15 is 0 Å². The lowest BCUT2D eigenvalue weighted by Crippen LogP contribution is -2.52. The molecule has 3 aromatic rings. The molecule has 4 rings (SSSR count). The molecule has 0 spiro atoms. The molecule has 0 fully saturated rings. The molecule has 4 nitrogen and oxygen atoms in total. The monoisotopic (exact) mass is 466 g/mol. The zero-order valence-electron chi connectivity index (χ0n) is 18.5. The van der Waals surface area contributed by atoms with Crippen molar-refractivity contribution < 1.29 is 9.59 Å². The average molecular weight is 467 g/mol. The summed E-state index contributed by atoms with van der Waals surface area (Å²) in [6, 6.07) is 19.1. The van der Waals surface area contributed by atoms with E-state index in [0.717, 1.165) is 12.0 Å². The number of halogens is 1. The van der Waals surface area contributed by atoms with Gasteiger partial charge in [-0.1, -0.05) is 54.1 Å². The Kier molecular flexibility index (Phi) is 6.40. The summed E-state index contributed by atoms with van der Waals surface area (Å²) < 4.78 is 0. The van der Waals surface area contributed by atoms with Gasteiger partial charge in [0.25, 0.3) is 5.91 Å². The molecule has 1 aromatic heterocycles. The molecule has 166 valence electrons. The fourth-order valence-electron chi connectivity index (χ4n) is 4.20. The van der Waals surface area contributed by atoms with E-state index < -0.39 is 5.54 Å². The van der Waals surface area contributed by atoms with Crippen molar-refractivity contribution in [3.05, 3.63) is 92.6 Å². The number of benzene rings is 2. The molecule has 1 atom stereocenters. The first-order chi connectivity index (χ1) is 15.3. The second-order valence-corrected chi connectivity index (χ2v) is 10.4. The molecule has 1 unspecified atom stereocenters. The number of rotatable bonds is 4. The lowest BCUT2D eigenvalue weighted by atomic mass is 9.93. The van der Waals surface area contributed by atoms with E-state index in [4.69, 9.17) is 11.6 Å². The van der Waals surface area contributed by atoms with Crippen LogP contribution >= 0.6 is 22.9 Å². The predicted octanol–water partition coefficient (Wildman–Crippen LogP) is 5.82. The van der Waals surface area contributed by atoms with E-state index in [2.05, 4.69) is 23.6 Å². The van der Waals surface area contributed by atoms with Crippen LogP contribution in [0.2, 0.25) is 5.02 Å². The molecule has 2 amide bonds. The van der Waals surface area contributed by atoms with Crippen molar-refractivity contribution in [1.82, 2.24) is 9.80 Å². The Morgan fingerprint density at radius 1 is 1.06 bits per heavy atom. The maximum absolute atomic E-state index is 13.7. The van der Waals surface area contributed by atoms with Crippen LogP contribution in [0.4, 0.5) is 0 Å². The molecule has 6 heteroatoms. The van der Waals surface area contributed by atoms with Gasteiger partial charge in [0.2, 0.25) is 5.91 Å². The van der Waals surface area contributed by atoms with Crippen molar-refractivity contribution in [3.63, 3.8) is 0 Å². The van der Waals surface area contributed by atoms with E-state index in [-0.39, 0.29) is 24.4 Å². The summed E-state index contributed by atoms with van der Waals surface area (Å²) in [4.78, 5) is 32.0. The molecule has 0 radical (unpaired) electrons. The van der Waals surface area contributed by atoms with Gasteiger partial charge in [-0.25, -0.2) is 0 Å². The quantitative estimate of drug-likeness (QED) is 0.486. The average Bonchev–Trinajstić information content (AvgIpc) is 3.25. The molecule has 0 saturated carbocycles. The molecule has 0 bridgehead atoms. The van der Waals surface area contributed by atoms with E-state index in [1.54, 1.807) is 40.5 Å². The standard InChI is InChI=1S/C26H27ClN2O2S/c1-26(2,3)29(25(31)19-11-7-8-12-21(19)27)17-23(30)28-15-13-22-20(14-16-32-22)24(28)18-9-5-4-6-10-18/h4-12,14,16,24H,13,15,17H2,1-3H3. The van der Waals surface area contributed by atoms with Crippen LogP contribution in [0.5, 0.6) is 0 Å². The molecule has 0 N–H and O–H groups in total. The van der Waals surface area contributed by atoms with Crippen LogP contribution in [-0.4, -0.2) is 40.2 Å². The second-order valence-electron chi connectivity index (χ2n) is 8.99. The van der Waals surface area contributed by atoms with Gasteiger partial charge in [0, 0.05) is 17.0 Å². The molecular formula is C26H27ClN2O2S. The van der Waals surface area contributed by atoms with Gasteiger partial charge in [0.05, 0.1) is 16.6 Å². The first-order valence-corrected chi connectivity index (χ1v) is 12.0. The van der Waals surface area contributed by atoms with Crippen molar-refractivity contribution in [2.24, 2.45) is 0 Å². The van der Waals surface area contributed by atoms with Crippen molar-refractivity contribution in [1.29, 1.82) is 0 Å². The van der Waals surface area contributed by atoms with Crippen LogP contribution in [0.3, 0.4) is 0 Å². The summed E-state index contributed by atoms with van der Waals surface area (Å²) in [5.74, 6) is -0.299. The van der Waals surface area contributed by atoms with E-state index in [1.165, 1.54) is 10.4 Å². The smallest absolute Gasteiger partial charge is 0.256 e.